The molecule has 0 spiro atoms. The van der Waals surface area contributed by atoms with Gasteiger partial charge in [-0.1, -0.05) is 15.9 Å². The fourth-order valence-corrected chi connectivity index (χ4v) is 3.02. The van der Waals surface area contributed by atoms with Crippen LogP contribution >= 0.6 is 15.9 Å². The van der Waals surface area contributed by atoms with Crippen LogP contribution in [0.4, 0.5) is 0 Å². The Morgan fingerprint density at radius 1 is 1.56 bits per heavy atom. The van der Waals surface area contributed by atoms with Crippen molar-refractivity contribution >= 4 is 21.9 Å². The Labute approximate surface area is 104 Å². The molecule has 92 valence electrons. The van der Waals surface area contributed by atoms with Gasteiger partial charge in [0.05, 0.1) is 13.2 Å². The van der Waals surface area contributed by atoms with Gasteiger partial charge in [-0.3, -0.25) is 9.69 Å². The third-order valence-electron chi connectivity index (χ3n) is 3.88. The van der Waals surface area contributed by atoms with Crippen LogP contribution < -0.4 is 0 Å². The molecule has 16 heavy (non-hydrogen) atoms. The average molecular weight is 292 g/mol. The number of carboxylic acids is 1. The highest BCUT2D eigenvalue weighted by Crippen LogP contribution is 2.37. The summed E-state index contributed by atoms with van der Waals surface area (Å²) in [5, 5.41) is 10.2. The maximum absolute atomic E-state index is 11.3. The van der Waals surface area contributed by atoms with E-state index in [0.717, 1.165) is 44.5 Å². The second-order valence-corrected chi connectivity index (χ2v) is 5.79. The van der Waals surface area contributed by atoms with E-state index in [-0.39, 0.29) is 5.41 Å². The highest BCUT2D eigenvalue weighted by atomic mass is 79.9. The van der Waals surface area contributed by atoms with Gasteiger partial charge in [0.25, 0.3) is 0 Å². The molecular formula is C11H18BrNO3. The van der Waals surface area contributed by atoms with Gasteiger partial charge in [-0.2, -0.15) is 0 Å². The molecule has 0 bridgehead atoms. The molecule has 0 aromatic heterocycles. The average Bonchev–Trinajstić information content (AvgIpc) is 2.55. The van der Waals surface area contributed by atoms with E-state index in [1.807, 2.05) is 6.92 Å². The van der Waals surface area contributed by atoms with Gasteiger partial charge in [0.15, 0.2) is 0 Å². The molecule has 2 fully saturated rings. The number of carbonyl (C=O) groups is 1. The Balaban J connectivity index is 2.06. The number of hydrogen-bond acceptors (Lipinski definition) is 3. The van der Waals surface area contributed by atoms with Crippen molar-refractivity contribution in [2.24, 2.45) is 5.41 Å². The van der Waals surface area contributed by atoms with Crippen LogP contribution in [0.15, 0.2) is 0 Å². The molecule has 2 saturated heterocycles. The van der Waals surface area contributed by atoms with Gasteiger partial charge in [0, 0.05) is 17.3 Å². The van der Waals surface area contributed by atoms with Gasteiger partial charge in [-0.15, -0.1) is 0 Å². The number of aliphatic carboxylic acids is 1. The number of likely N-dealkylation sites (tertiary alicyclic amines) is 1. The van der Waals surface area contributed by atoms with Crippen molar-refractivity contribution in [1.29, 1.82) is 0 Å². The Kier molecular flexibility index (Phi) is 3.29. The number of carboxylic acid groups (broad SMARTS) is 1. The first kappa shape index (κ1) is 12.3. The lowest BCUT2D eigenvalue weighted by Crippen LogP contribution is -2.57. The van der Waals surface area contributed by atoms with Crippen molar-refractivity contribution in [3.8, 4) is 0 Å². The van der Waals surface area contributed by atoms with Crippen molar-refractivity contribution in [1.82, 2.24) is 4.90 Å². The molecule has 1 N–H and O–H groups in total. The van der Waals surface area contributed by atoms with Crippen LogP contribution in [0.5, 0.6) is 0 Å². The lowest BCUT2D eigenvalue weighted by Gasteiger charge is -2.45. The van der Waals surface area contributed by atoms with E-state index < -0.39 is 11.5 Å². The van der Waals surface area contributed by atoms with Gasteiger partial charge in [0.2, 0.25) is 0 Å². The second-order valence-electron chi connectivity index (χ2n) is 5.23. The van der Waals surface area contributed by atoms with Crippen LogP contribution in [0.3, 0.4) is 0 Å². The second kappa shape index (κ2) is 4.27. The zero-order valence-corrected chi connectivity index (χ0v) is 11.1. The van der Waals surface area contributed by atoms with E-state index in [0.29, 0.717) is 0 Å². The summed E-state index contributed by atoms with van der Waals surface area (Å²) in [7, 11) is 0. The highest BCUT2D eigenvalue weighted by molar-refractivity contribution is 9.09. The molecule has 0 aliphatic carbocycles. The molecule has 2 aliphatic heterocycles. The topological polar surface area (TPSA) is 49.8 Å². The Morgan fingerprint density at radius 3 is 2.69 bits per heavy atom. The van der Waals surface area contributed by atoms with Crippen LogP contribution in [0.2, 0.25) is 0 Å². The first-order chi connectivity index (χ1) is 7.52. The van der Waals surface area contributed by atoms with E-state index in [4.69, 9.17) is 4.74 Å². The Hall–Kier alpha value is -0.130. The zero-order chi connectivity index (χ0) is 11.8. The third-order valence-corrected chi connectivity index (χ3v) is 5.07. The minimum Gasteiger partial charge on any atom is -0.480 e. The zero-order valence-electron chi connectivity index (χ0n) is 9.54. The summed E-state index contributed by atoms with van der Waals surface area (Å²) in [4.78, 5) is 13.4. The van der Waals surface area contributed by atoms with Gasteiger partial charge < -0.3 is 9.84 Å². The molecule has 0 amide bonds. The van der Waals surface area contributed by atoms with Crippen molar-refractivity contribution < 1.29 is 14.6 Å². The summed E-state index contributed by atoms with van der Waals surface area (Å²) in [6, 6.07) is 0. The van der Waals surface area contributed by atoms with Crippen LogP contribution in [0.25, 0.3) is 0 Å². The quantitative estimate of drug-likeness (QED) is 0.794. The maximum Gasteiger partial charge on any atom is 0.323 e. The largest absolute Gasteiger partial charge is 0.480 e. The minimum atomic E-state index is -0.699. The highest BCUT2D eigenvalue weighted by Gasteiger charge is 2.48. The van der Waals surface area contributed by atoms with Crippen molar-refractivity contribution in [2.45, 2.75) is 25.3 Å². The van der Waals surface area contributed by atoms with Gasteiger partial charge in [-0.25, -0.2) is 0 Å². The van der Waals surface area contributed by atoms with Crippen LogP contribution in [-0.2, 0) is 9.53 Å². The summed E-state index contributed by atoms with van der Waals surface area (Å²) in [5.74, 6) is -0.699. The third kappa shape index (κ3) is 1.89. The number of ether oxygens (including phenoxy) is 1. The monoisotopic (exact) mass is 291 g/mol. The van der Waals surface area contributed by atoms with Crippen LogP contribution in [0, 0.1) is 5.41 Å². The molecule has 2 aliphatic rings. The van der Waals surface area contributed by atoms with E-state index in [9.17, 15) is 9.90 Å². The van der Waals surface area contributed by atoms with Gasteiger partial charge in [0.1, 0.15) is 5.54 Å². The lowest BCUT2D eigenvalue weighted by atomic mass is 9.86. The number of nitrogens with zero attached hydrogens (tertiary/aromatic N) is 1. The molecule has 5 heteroatoms. The smallest absolute Gasteiger partial charge is 0.323 e. The van der Waals surface area contributed by atoms with Crippen LogP contribution in [-0.4, -0.2) is 53.1 Å². The minimum absolute atomic E-state index is 0.126. The van der Waals surface area contributed by atoms with E-state index >= 15 is 0 Å². The fourth-order valence-electron chi connectivity index (χ4n) is 2.52. The normalized spacial score (nSPS) is 33.6. The van der Waals surface area contributed by atoms with Gasteiger partial charge in [-0.05, 0) is 26.3 Å². The molecular weight excluding hydrogens is 274 g/mol. The van der Waals surface area contributed by atoms with Gasteiger partial charge >= 0.3 is 5.97 Å². The lowest BCUT2D eigenvalue weighted by molar-refractivity contribution is -0.154. The van der Waals surface area contributed by atoms with Crippen LogP contribution in [0.1, 0.15) is 19.8 Å². The predicted molar refractivity (Wildman–Crippen MR) is 63.9 cm³/mol. The number of halogens is 1. The van der Waals surface area contributed by atoms with Crippen molar-refractivity contribution in [3.63, 3.8) is 0 Å². The SMILES string of the molecule is C[C@@]1(C(=O)O)CCCN1CC1(CBr)COC1. The Bertz CT molecular complexity index is 287. The molecule has 0 aromatic carbocycles. The summed E-state index contributed by atoms with van der Waals surface area (Å²) in [5.41, 5.74) is -0.550. The molecule has 2 rings (SSSR count). The molecule has 0 aromatic rings. The summed E-state index contributed by atoms with van der Waals surface area (Å²) in [6.45, 7) is 5.03. The number of rotatable bonds is 4. The molecule has 0 radical (unpaired) electrons. The predicted octanol–water partition coefficient (Wildman–Crippen LogP) is 1.34. The maximum atomic E-state index is 11.3. The Morgan fingerprint density at radius 2 is 2.25 bits per heavy atom. The molecule has 4 nitrogen and oxygen atoms in total. The fraction of sp³-hybridized carbons (Fsp3) is 0.909. The molecule has 0 saturated carbocycles. The first-order valence-electron chi connectivity index (χ1n) is 5.65. The first-order valence-corrected chi connectivity index (χ1v) is 6.77. The van der Waals surface area contributed by atoms with E-state index in [1.165, 1.54) is 0 Å². The molecule has 1 atom stereocenters. The summed E-state index contributed by atoms with van der Waals surface area (Å²) in [6.07, 6.45) is 1.73. The van der Waals surface area contributed by atoms with E-state index in [2.05, 4.69) is 20.8 Å². The van der Waals surface area contributed by atoms with Crippen molar-refractivity contribution in [3.05, 3.63) is 0 Å². The number of alkyl halides is 1. The van der Waals surface area contributed by atoms with E-state index in [1.54, 1.807) is 0 Å². The summed E-state index contributed by atoms with van der Waals surface area (Å²) >= 11 is 3.51. The standard InChI is InChI=1S/C11H18BrNO3/c1-10(9(14)15)3-2-4-13(10)6-11(5-12)7-16-8-11/h2-8H2,1H3,(H,14,15)/t10-/m0/s1. The van der Waals surface area contributed by atoms with Crippen molar-refractivity contribution in [2.75, 3.05) is 31.6 Å². The molecule has 2 heterocycles. The number of hydrogen-bond donors (Lipinski definition) is 1. The molecule has 0 unspecified atom stereocenters. The summed E-state index contributed by atoms with van der Waals surface area (Å²) < 4.78 is 5.26.